The Labute approximate surface area is 146 Å². The van der Waals surface area contributed by atoms with Crippen molar-refractivity contribution in [2.45, 2.75) is 0 Å². The Balaban J connectivity index is 1.89. The van der Waals surface area contributed by atoms with Gasteiger partial charge in [-0.25, -0.2) is 4.79 Å². The number of rotatable bonds is 5. The molecule has 0 aliphatic heterocycles. The predicted octanol–water partition coefficient (Wildman–Crippen LogP) is 3.91. The summed E-state index contributed by atoms with van der Waals surface area (Å²) >= 11 is 9.04. The lowest BCUT2D eigenvalue weighted by Crippen LogP contribution is -2.20. The van der Waals surface area contributed by atoms with Gasteiger partial charge in [0.2, 0.25) is 0 Å². The quantitative estimate of drug-likeness (QED) is 0.776. The second-order valence-corrected chi connectivity index (χ2v) is 5.77. The van der Waals surface area contributed by atoms with E-state index in [0.717, 1.165) is 0 Å². The van der Waals surface area contributed by atoms with E-state index in [9.17, 15) is 9.59 Å². The van der Waals surface area contributed by atoms with E-state index in [-0.39, 0.29) is 6.61 Å². The van der Waals surface area contributed by atoms with Gasteiger partial charge in [-0.05, 0) is 58.4 Å². The van der Waals surface area contributed by atoms with Crippen LogP contribution >= 0.6 is 27.5 Å². The molecule has 7 heteroatoms. The Morgan fingerprint density at radius 2 is 1.87 bits per heavy atom. The van der Waals surface area contributed by atoms with Gasteiger partial charge in [0.1, 0.15) is 5.75 Å². The maximum atomic E-state index is 11.9. The predicted molar refractivity (Wildman–Crippen MR) is 91.1 cm³/mol. The van der Waals surface area contributed by atoms with Gasteiger partial charge in [0, 0.05) is 10.7 Å². The molecule has 23 heavy (non-hydrogen) atoms. The number of anilines is 1. The number of hydrogen-bond acceptors (Lipinski definition) is 4. The van der Waals surface area contributed by atoms with Crippen LogP contribution in [0.4, 0.5) is 5.69 Å². The van der Waals surface area contributed by atoms with Gasteiger partial charge in [0.15, 0.2) is 6.61 Å². The molecule has 0 unspecified atom stereocenters. The van der Waals surface area contributed by atoms with E-state index in [4.69, 9.17) is 21.1 Å². The fraction of sp³-hybridized carbons (Fsp3) is 0.125. The van der Waals surface area contributed by atoms with Gasteiger partial charge >= 0.3 is 5.97 Å². The molecular weight excluding hydrogens is 386 g/mol. The normalized spacial score (nSPS) is 10.0. The van der Waals surface area contributed by atoms with Gasteiger partial charge in [-0.3, -0.25) is 4.79 Å². The molecule has 0 aliphatic rings. The van der Waals surface area contributed by atoms with Crippen molar-refractivity contribution in [1.82, 2.24) is 0 Å². The summed E-state index contributed by atoms with van der Waals surface area (Å²) < 4.78 is 10.7. The van der Waals surface area contributed by atoms with Crippen LogP contribution in [0.2, 0.25) is 5.02 Å². The molecule has 2 rings (SSSR count). The molecular formula is C16H13BrClNO4. The minimum absolute atomic E-state index is 0.317. The largest absolute Gasteiger partial charge is 0.496 e. The lowest BCUT2D eigenvalue weighted by Gasteiger charge is -2.08. The van der Waals surface area contributed by atoms with Crippen molar-refractivity contribution in [3.63, 3.8) is 0 Å². The fourth-order valence-electron chi connectivity index (χ4n) is 1.74. The van der Waals surface area contributed by atoms with E-state index in [0.29, 0.717) is 26.5 Å². The third-order valence-corrected chi connectivity index (χ3v) is 3.72. The molecule has 0 aliphatic carbocycles. The summed E-state index contributed by atoms with van der Waals surface area (Å²) in [7, 11) is 1.53. The summed E-state index contributed by atoms with van der Waals surface area (Å²) in [6.07, 6.45) is 0. The minimum Gasteiger partial charge on any atom is -0.496 e. The molecule has 5 nitrogen and oxygen atoms in total. The highest BCUT2D eigenvalue weighted by atomic mass is 79.9. The maximum absolute atomic E-state index is 11.9. The molecule has 0 spiro atoms. The van der Waals surface area contributed by atoms with E-state index in [1.807, 2.05) is 0 Å². The highest BCUT2D eigenvalue weighted by molar-refractivity contribution is 9.10. The first-order valence-electron chi connectivity index (χ1n) is 6.55. The summed E-state index contributed by atoms with van der Waals surface area (Å²) in [4.78, 5) is 23.7. The molecule has 2 aromatic carbocycles. The smallest absolute Gasteiger partial charge is 0.338 e. The first kappa shape index (κ1) is 17.3. The Morgan fingerprint density at radius 1 is 1.17 bits per heavy atom. The Morgan fingerprint density at radius 3 is 2.48 bits per heavy atom. The summed E-state index contributed by atoms with van der Waals surface area (Å²) in [6.45, 7) is -0.384. The number of hydrogen-bond donors (Lipinski definition) is 1. The van der Waals surface area contributed by atoms with Gasteiger partial charge in [0.05, 0.1) is 17.1 Å². The Bertz CT molecular complexity index is 719. The van der Waals surface area contributed by atoms with Crippen LogP contribution in [0.5, 0.6) is 5.75 Å². The number of amides is 1. The van der Waals surface area contributed by atoms with Crippen LogP contribution in [0.3, 0.4) is 0 Å². The number of esters is 1. The zero-order chi connectivity index (χ0) is 16.8. The average Bonchev–Trinajstić information content (AvgIpc) is 2.54. The van der Waals surface area contributed by atoms with Gasteiger partial charge < -0.3 is 14.8 Å². The standard InChI is InChI=1S/C16H13BrClNO4/c1-22-14-7-2-10(8-13(14)17)16(21)23-9-15(20)19-12-5-3-11(18)4-6-12/h2-8H,9H2,1H3,(H,19,20). The van der Waals surface area contributed by atoms with Gasteiger partial charge in [-0.1, -0.05) is 11.6 Å². The first-order chi connectivity index (χ1) is 11.0. The molecule has 1 N–H and O–H groups in total. The van der Waals surface area contributed by atoms with Crippen LogP contribution in [0.15, 0.2) is 46.9 Å². The first-order valence-corrected chi connectivity index (χ1v) is 7.73. The van der Waals surface area contributed by atoms with Crippen molar-refractivity contribution in [1.29, 1.82) is 0 Å². The molecule has 0 saturated carbocycles. The molecule has 0 bridgehead atoms. The molecule has 0 aromatic heterocycles. The Kier molecular flexibility index (Phi) is 6.01. The van der Waals surface area contributed by atoms with E-state index in [1.54, 1.807) is 42.5 Å². The van der Waals surface area contributed by atoms with E-state index < -0.39 is 11.9 Å². The van der Waals surface area contributed by atoms with Gasteiger partial charge in [0.25, 0.3) is 5.91 Å². The third kappa shape index (κ3) is 4.97. The molecule has 0 heterocycles. The van der Waals surface area contributed by atoms with E-state index in [1.165, 1.54) is 7.11 Å². The second-order valence-electron chi connectivity index (χ2n) is 4.48. The average molecular weight is 399 g/mol. The third-order valence-electron chi connectivity index (χ3n) is 2.85. The second kappa shape index (κ2) is 7.99. The highest BCUT2D eigenvalue weighted by Gasteiger charge is 2.12. The van der Waals surface area contributed by atoms with Crippen LogP contribution in [-0.2, 0) is 9.53 Å². The van der Waals surface area contributed by atoms with Crippen molar-refractivity contribution < 1.29 is 19.1 Å². The SMILES string of the molecule is COc1ccc(C(=O)OCC(=O)Nc2ccc(Cl)cc2)cc1Br. The maximum Gasteiger partial charge on any atom is 0.338 e. The van der Waals surface area contributed by atoms with Crippen molar-refractivity contribution in [2.75, 3.05) is 19.0 Å². The topological polar surface area (TPSA) is 64.6 Å². The molecule has 0 atom stereocenters. The lowest BCUT2D eigenvalue weighted by atomic mass is 10.2. The number of methoxy groups -OCH3 is 1. The monoisotopic (exact) mass is 397 g/mol. The number of ether oxygens (including phenoxy) is 2. The van der Waals surface area contributed by atoms with Crippen LogP contribution in [0.25, 0.3) is 0 Å². The van der Waals surface area contributed by atoms with E-state index in [2.05, 4.69) is 21.2 Å². The number of carbonyl (C=O) groups is 2. The summed E-state index contributed by atoms with van der Waals surface area (Å²) in [5.41, 5.74) is 0.889. The van der Waals surface area contributed by atoms with Gasteiger partial charge in [-0.15, -0.1) is 0 Å². The number of carbonyl (C=O) groups excluding carboxylic acids is 2. The summed E-state index contributed by atoms with van der Waals surface area (Å²) in [6, 6.07) is 11.4. The van der Waals surface area contributed by atoms with Crippen LogP contribution < -0.4 is 10.1 Å². The zero-order valence-corrected chi connectivity index (χ0v) is 14.5. The summed E-state index contributed by atoms with van der Waals surface area (Å²) in [5.74, 6) is -0.435. The van der Waals surface area contributed by atoms with Crippen molar-refractivity contribution in [2.24, 2.45) is 0 Å². The molecule has 2 aromatic rings. The molecule has 0 radical (unpaired) electrons. The molecule has 120 valence electrons. The van der Waals surface area contributed by atoms with E-state index >= 15 is 0 Å². The molecule has 0 fully saturated rings. The van der Waals surface area contributed by atoms with Crippen LogP contribution in [0.1, 0.15) is 10.4 Å². The van der Waals surface area contributed by atoms with Crippen molar-refractivity contribution in [3.8, 4) is 5.75 Å². The number of benzene rings is 2. The lowest BCUT2D eigenvalue weighted by molar-refractivity contribution is -0.119. The molecule has 1 amide bonds. The number of halogens is 2. The summed E-state index contributed by atoms with van der Waals surface area (Å²) in [5, 5.41) is 3.17. The number of nitrogens with one attached hydrogen (secondary N) is 1. The molecule has 0 saturated heterocycles. The zero-order valence-electron chi connectivity index (χ0n) is 12.1. The minimum atomic E-state index is -0.598. The van der Waals surface area contributed by atoms with Crippen molar-refractivity contribution >= 4 is 45.1 Å². The van der Waals surface area contributed by atoms with Crippen LogP contribution in [0, 0.1) is 0 Å². The fourth-order valence-corrected chi connectivity index (χ4v) is 2.40. The van der Waals surface area contributed by atoms with Crippen LogP contribution in [-0.4, -0.2) is 25.6 Å². The van der Waals surface area contributed by atoms with Gasteiger partial charge in [-0.2, -0.15) is 0 Å². The highest BCUT2D eigenvalue weighted by Crippen LogP contribution is 2.25. The Hall–Kier alpha value is -2.05. The van der Waals surface area contributed by atoms with Crippen molar-refractivity contribution in [3.05, 3.63) is 57.5 Å².